The number of carbonyl (C=O) groups excluding carboxylic acids is 2. The van der Waals surface area contributed by atoms with Gasteiger partial charge in [0.15, 0.2) is 17.2 Å². The smallest absolute Gasteiger partial charge is 0.272 e. The minimum Gasteiger partial charge on any atom is -0.454 e. The van der Waals surface area contributed by atoms with Gasteiger partial charge in [-0.1, -0.05) is 6.07 Å². The highest BCUT2D eigenvalue weighted by Crippen LogP contribution is 2.32. The topological polar surface area (TPSA) is 85.7 Å². The van der Waals surface area contributed by atoms with Crippen molar-refractivity contribution in [3.05, 3.63) is 41.2 Å². The normalized spacial score (nSPS) is 17.8. The average Bonchev–Trinajstić information content (AvgIpc) is 3.19. The maximum atomic E-state index is 12.6. The van der Waals surface area contributed by atoms with Crippen molar-refractivity contribution in [2.75, 3.05) is 19.9 Å². The molecule has 5 rings (SSSR count). The van der Waals surface area contributed by atoms with E-state index in [0.717, 1.165) is 12.1 Å². The Morgan fingerprint density at radius 3 is 2.89 bits per heavy atom. The van der Waals surface area contributed by atoms with Crippen LogP contribution in [0.1, 0.15) is 39.4 Å². The molecule has 2 amide bonds. The van der Waals surface area contributed by atoms with E-state index in [4.69, 9.17) is 9.47 Å². The van der Waals surface area contributed by atoms with Gasteiger partial charge in [0.1, 0.15) is 5.69 Å². The lowest BCUT2D eigenvalue weighted by Gasteiger charge is -2.27. The second kappa shape index (κ2) is 6.29. The molecule has 1 N–H and O–H groups in total. The number of rotatable bonds is 5. The molecule has 8 nitrogen and oxygen atoms in total. The molecule has 1 aliphatic carbocycles. The minimum atomic E-state index is -0.295. The quantitative estimate of drug-likeness (QED) is 0.862. The number of carbonyl (C=O) groups is 2. The van der Waals surface area contributed by atoms with E-state index >= 15 is 0 Å². The standard InChI is InChI=1S/C19H20N4O4/c24-18(20-9-13-3-4-16-17(7-13)27-11-26-16)14-8-15-19(25)22(10-12-1-2-12)5-6-23(15)21-14/h3-4,7-8,12H,1-2,5-6,9-11H2,(H,20,24). The van der Waals surface area contributed by atoms with Gasteiger partial charge in [-0.2, -0.15) is 5.10 Å². The molecule has 0 atom stereocenters. The van der Waals surface area contributed by atoms with Crippen LogP contribution in [0.2, 0.25) is 0 Å². The molecule has 0 spiro atoms. The van der Waals surface area contributed by atoms with Crippen LogP contribution in [-0.2, 0) is 13.1 Å². The third kappa shape index (κ3) is 3.11. The molecule has 0 unspecified atom stereocenters. The molecule has 1 aromatic heterocycles. The monoisotopic (exact) mass is 368 g/mol. The van der Waals surface area contributed by atoms with Gasteiger partial charge in [-0.15, -0.1) is 0 Å². The van der Waals surface area contributed by atoms with Crippen molar-refractivity contribution in [3.63, 3.8) is 0 Å². The summed E-state index contributed by atoms with van der Waals surface area (Å²) in [5.74, 6) is 1.71. The van der Waals surface area contributed by atoms with E-state index in [1.807, 2.05) is 23.1 Å². The summed E-state index contributed by atoms with van der Waals surface area (Å²) in [5, 5.41) is 7.16. The molecule has 1 aromatic carbocycles. The van der Waals surface area contributed by atoms with Gasteiger partial charge in [0, 0.05) is 25.7 Å². The highest BCUT2D eigenvalue weighted by Gasteiger charge is 2.32. The van der Waals surface area contributed by atoms with E-state index in [-0.39, 0.29) is 24.3 Å². The second-order valence-electron chi connectivity index (χ2n) is 7.20. The van der Waals surface area contributed by atoms with Crippen molar-refractivity contribution in [1.29, 1.82) is 0 Å². The number of ether oxygens (including phenoxy) is 2. The zero-order chi connectivity index (χ0) is 18.4. The van der Waals surface area contributed by atoms with Gasteiger partial charge in [0.25, 0.3) is 11.8 Å². The first kappa shape index (κ1) is 16.2. The number of benzene rings is 1. The molecule has 0 radical (unpaired) electrons. The van der Waals surface area contributed by atoms with Crippen LogP contribution in [0, 0.1) is 5.92 Å². The molecule has 3 heterocycles. The Hall–Kier alpha value is -3.03. The van der Waals surface area contributed by atoms with E-state index in [2.05, 4.69) is 10.4 Å². The fourth-order valence-electron chi connectivity index (χ4n) is 3.46. The third-order valence-corrected chi connectivity index (χ3v) is 5.17. The number of hydrogen-bond acceptors (Lipinski definition) is 5. The highest BCUT2D eigenvalue weighted by molar-refractivity contribution is 5.98. The van der Waals surface area contributed by atoms with Gasteiger partial charge < -0.3 is 19.7 Å². The molecular formula is C19H20N4O4. The van der Waals surface area contributed by atoms with Crippen LogP contribution in [0.3, 0.4) is 0 Å². The Morgan fingerprint density at radius 1 is 1.19 bits per heavy atom. The summed E-state index contributed by atoms with van der Waals surface area (Å²) in [6, 6.07) is 7.15. The molecule has 140 valence electrons. The SMILES string of the molecule is O=C(NCc1ccc2c(c1)OCO2)c1cc2n(n1)CCN(CC1CC1)C2=O. The van der Waals surface area contributed by atoms with E-state index < -0.39 is 0 Å². The molecule has 2 aromatic rings. The van der Waals surface area contributed by atoms with Gasteiger partial charge in [0.2, 0.25) is 6.79 Å². The lowest BCUT2D eigenvalue weighted by atomic mass is 10.2. The predicted molar refractivity (Wildman–Crippen MR) is 94.6 cm³/mol. The van der Waals surface area contributed by atoms with Crippen LogP contribution in [0.15, 0.2) is 24.3 Å². The fraction of sp³-hybridized carbons (Fsp3) is 0.421. The van der Waals surface area contributed by atoms with Crippen LogP contribution < -0.4 is 14.8 Å². The number of aromatic nitrogens is 2. The summed E-state index contributed by atoms with van der Waals surface area (Å²) in [6.07, 6.45) is 2.41. The summed E-state index contributed by atoms with van der Waals surface area (Å²) in [7, 11) is 0. The second-order valence-corrected chi connectivity index (χ2v) is 7.20. The van der Waals surface area contributed by atoms with Gasteiger partial charge in [0.05, 0.1) is 6.54 Å². The maximum Gasteiger partial charge on any atom is 0.272 e. The Kier molecular flexibility index (Phi) is 3.77. The maximum absolute atomic E-state index is 12.6. The van der Waals surface area contributed by atoms with Crippen molar-refractivity contribution in [3.8, 4) is 11.5 Å². The number of amides is 2. The number of nitrogens with zero attached hydrogens (tertiary/aromatic N) is 3. The lowest BCUT2D eigenvalue weighted by Crippen LogP contribution is -2.41. The number of fused-ring (bicyclic) bond motifs is 2. The highest BCUT2D eigenvalue weighted by atomic mass is 16.7. The number of nitrogens with one attached hydrogen (secondary N) is 1. The average molecular weight is 368 g/mol. The molecule has 1 saturated carbocycles. The first-order chi connectivity index (χ1) is 13.2. The van der Waals surface area contributed by atoms with Crippen molar-refractivity contribution < 1.29 is 19.1 Å². The van der Waals surface area contributed by atoms with Crippen LogP contribution in [0.5, 0.6) is 11.5 Å². The van der Waals surface area contributed by atoms with Crippen LogP contribution in [0.25, 0.3) is 0 Å². The number of hydrogen-bond donors (Lipinski definition) is 1. The molecule has 8 heteroatoms. The van der Waals surface area contributed by atoms with E-state index in [9.17, 15) is 9.59 Å². The minimum absolute atomic E-state index is 0.0320. The third-order valence-electron chi connectivity index (χ3n) is 5.17. The van der Waals surface area contributed by atoms with Crippen molar-refractivity contribution in [2.45, 2.75) is 25.9 Å². The summed E-state index contributed by atoms with van der Waals surface area (Å²) in [5.41, 5.74) is 1.67. The van der Waals surface area contributed by atoms with Crippen LogP contribution in [0.4, 0.5) is 0 Å². The predicted octanol–water partition coefficient (Wildman–Crippen LogP) is 1.41. The summed E-state index contributed by atoms with van der Waals surface area (Å²) >= 11 is 0. The van der Waals surface area contributed by atoms with E-state index in [1.165, 1.54) is 12.8 Å². The van der Waals surface area contributed by atoms with Crippen molar-refractivity contribution >= 4 is 11.8 Å². The van der Waals surface area contributed by atoms with Crippen molar-refractivity contribution in [2.24, 2.45) is 5.92 Å². The molecule has 0 bridgehead atoms. The summed E-state index contributed by atoms with van der Waals surface area (Å²) in [6.45, 7) is 2.66. The molecule has 3 aliphatic rings. The zero-order valence-corrected chi connectivity index (χ0v) is 14.8. The Morgan fingerprint density at radius 2 is 2.04 bits per heavy atom. The first-order valence-corrected chi connectivity index (χ1v) is 9.21. The fourth-order valence-corrected chi connectivity index (χ4v) is 3.46. The van der Waals surface area contributed by atoms with Crippen LogP contribution in [-0.4, -0.2) is 46.4 Å². The van der Waals surface area contributed by atoms with Crippen LogP contribution >= 0.6 is 0 Å². The summed E-state index contributed by atoms with van der Waals surface area (Å²) in [4.78, 5) is 27.0. The van der Waals surface area contributed by atoms with E-state index in [1.54, 1.807) is 10.7 Å². The Balaban J connectivity index is 1.25. The summed E-state index contributed by atoms with van der Waals surface area (Å²) < 4.78 is 12.3. The molecule has 1 fully saturated rings. The van der Waals surface area contributed by atoms with Gasteiger partial charge >= 0.3 is 0 Å². The van der Waals surface area contributed by atoms with Crippen molar-refractivity contribution in [1.82, 2.24) is 20.0 Å². The molecule has 2 aliphatic heterocycles. The lowest BCUT2D eigenvalue weighted by molar-refractivity contribution is 0.0688. The van der Waals surface area contributed by atoms with Gasteiger partial charge in [-0.3, -0.25) is 14.3 Å². The zero-order valence-electron chi connectivity index (χ0n) is 14.8. The molecule has 27 heavy (non-hydrogen) atoms. The van der Waals surface area contributed by atoms with E-state index in [0.29, 0.717) is 42.7 Å². The first-order valence-electron chi connectivity index (χ1n) is 9.21. The molecular weight excluding hydrogens is 348 g/mol. The van der Waals surface area contributed by atoms with Gasteiger partial charge in [-0.05, 0) is 36.5 Å². The largest absolute Gasteiger partial charge is 0.454 e. The molecule has 0 saturated heterocycles. The van der Waals surface area contributed by atoms with Gasteiger partial charge in [-0.25, -0.2) is 0 Å². The Labute approximate surface area is 156 Å². The Bertz CT molecular complexity index is 918.